The Bertz CT molecular complexity index is 251. The van der Waals surface area contributed by atoms with Crippen LogP contribution in [0.15, 0.2) is 6.20 Å². The Morgan fingerprint density at radius 1 is 1.75 bits per heavy atom. The fourth-order valence-electron chi connectivity index (χ4n) is 1.54. The number of rotatable bonds is 2. The molecule has 2 rings (SSSR count). The molecule has 1 aromatic rings. The fraction of sp³-hybridized carbons (Fsp3) is 0.667. The van der Waals surface area contributed by atoms with Gasteiger partial charge in [0.1, 0.15) is 5.01 Å². The maximum atomic E-state index is 4.43. The second-order valence-electron chi connectivity index (χ2n) is 3.17. The van der Waals surface area contributed by atoms with Crippen LogP contribution < -0.4 is 5.32 Å². The van der Waals surface area contributed by atoms with Crippen molar-refractivity contribution in [3.8, 4) is 0 Å². The van der Waals surface area contributed by atoms with E-state index in [1.807, 2.05) is 17.5 Å². The third kappa shape index (κ3) is 1.52. The summed E-state index contributed by atoms with van der Waals surface area (Å²) in [5.74, 6) is 0. The Kier molecular flexibility index (Phi) is 2.42. The fourth-order valence-corrected chi connectivity index (χ4v) is 2.51. The van der Waals surface area contributed by atoms with Gasteiger partial charge in [-0.15, -0.1) is 11.3 Å². The van der Waals surface area contributed by atoms with Gasteiger partial charge in [-0.05, 0) is 25.8 Å². The third-order valence-electron chi connectivity index (χ3n) is 2.28. The predicted octanol–water partition coefficient (Wildman–Crippen LogP) is 2.13. The molecule has 1 saturated heterocycles. The summed E-state index contributed by atoms with van der Waals surface area (Å²) in [7, 11) is 0. The largest absolute Gasteiger partial charge is 0.308 e. The summed E-state index contributed by atoms with van der Waals surface area (Å²) >= 11 is 1.86. The number of aromatic nitrogens is 1. The molecule has 0 saturated carbocycles. The van der Waals surface area contributed by atoms with Crippen molar-refractivity contribution in [2.45, 2.75) is 32.2 Å². The van der Waals surface area contributed by atoms with Gasteiger partial charge in [-0.2, -0.15) is 0 Å². The molecule has 0 aliphatic carbocycles. The molecule has 1 aliphatic rings. The highest BCUT2D eigenvalue weighted by atomic mass is 32.1. The first-order valence-electron chi connectivity index (χ1n) is 4.58. The lowest BCUT2D eigenvalue weighted by Gasteiger charge is -2.03. The van der Waals surface area contributed by atoms with Crippen molar-refractivity contribution in [1.29, 1.82) is 0 Å². The zero-order chi connectivity index (χ0) is 8.39. The first kappa shape index (κ1) is 8.20. The molecule has 1 fully saturated rings. The van der Waals surface area contributed by atoms with E-state index in [0.717, 1.165) is 13.0 Å². The Morgan fingerprint density at radius 2 is 2.67 bits per heavy atom. The molecule has 0 bridgehead atoms. The second-order valence-corrected chi connectivity index (χ2v) is 4.31. The van der Waals surface area contributed by atoms with E-state index in [4.69, 9.17) is 0 Å². The molecule has 0 spiro atoms. The first-order valence-corrected chi connectivity index (χ1v) is 5.40. The highest BCUT2D eigenvalue weighted by Crippen LogP contribution is 2.26. The molecule has 0 amide bonds. The van der Waals surface area contributed by atoms with Gasteiger partial charge < -0.3 is 5.32 Å². The van der Waals surface area contributed by atoms with Gasteiger partial charge >= 0.3 is 0 Å². The molecule has 1 aliphatic heterocycles. The van der Waals surface area contributed by atoms with Crippen LogP contribution >= 0.6 is 11.3 Å². The number of aryl methyl sites for hydroxylation is 1. The van der Waals surface area contributed by atoms with Crippen LogP contribution in [-0.4, -0.2) is 11.5 Å². The van der Waals surface area contributed by atoms with Crippen molar-refractivity contribution < 1.29 is 0 Å². The van der Waals surface area contributed by atoms with Crippen molar-refractivity contribution in [3.05, 3.63) is 16.1 Å². The van der Waals surface area contributed by atoms with Gasteiger partial charge in [0.15, 0.2) is 0 Å². The van der Waals surface area contributed by atoms with Crippen molar-refractivity contribution in [3.63, 3.8) is 0 Å². The minimum Gasteiger partial charge on any atom is -0.308 e. The lowest BCUT2D eigenvalue weighted by atomic mass is 10.2. The molecule has 1 atom stereocenters. The van der Waals surface area contributed by atoms with Crippen LogP contribution in [0, 0.1) is 0 Å². The van der Waals surface area contributed by atoms with E-state index in [0.29, 0.717) is 6.04 Å². The van der Waals surface area contributed by atoms with Gasteiger partial charge in [0.05, 0.1) is 6.04 Å². The van der Waals surface area contributed by atoms with Crippen molar-refractivity contribution in [1.82, 2.24) is 10.3 Å². The lowest BCUT2D eigenvalue weighted by molar-refractivity contribution is 0.643. The smallest absolute Gasteiger partial charge is 0.110 e. The van der Waals surface area contributed by atoms with Crippen molar-refractivity contribution >= 4 is 11.3 Å². The molecule has 2 heterocycles. The second kappa shape index (κ2) is 3.54. The summed E-state index contributed by atoms with van der Waals surface area (Å²) in [4.78, 5) is 5.83. The Balaban J connectivity index is 2.11. The first-order chi connectivity index (χ1) is 5.90. The highest BCUT2D eigenvalue weighted by molar-refractivity contribution is 7.11. The van der Waals surface area contributed by atoms with Gasteiger partial charge in [0.2, 0.25) is 0 Å². The van der Waals surface area contributed by atoms with E-state index in [1.165, 1.54) is 22.7 Å². The number of hydrogen-bond acceptors (Lipinski definition) is 3. The van der Waals surface area contributed by atoms with Crippen LogP contribution in [0.5, 0.6) is 0 Å². The maximum absolute atomic E-state index is 4.43. The summed E-state index contributed by atoms with van der Waals surface area (Å²) in [5.41, 5.74) is 0. The van der Waals surface area contributed by atoms with Gasteiger partial charge in [-0.3, -0.25) is 0 Å². The average molecular weight is 182 g/mol. The predicted molar refractivity (Wildman–Crippen MR) is 51.5 cm³/mol. The molecule has 1 N–H and O–H groups in total. The molecule has 12 heavy (non-hydrogen) atoms. The molecule has 0 aromatic carbocycles. The van der Waals surface area contributed by atoms with Crippen LogP contribution in [0.3, 0.4) is 0 Å². The van der Waals surface area contributed by atoms with Crippen LogP contribution in [0.1, 0.15) is 35.7 Å². The van der Waals surface area contributed by atoms with Crippen LogP contribution in [-0.2, 0) is 6.42 Å². The highest BCUT2D eigenvalue weighted by Gasteiger charge is 2.18. The lowest BCUT2D eigenvalue weighted by Crippen LogP contribution is -2.12. The Labute approximate surface area is 77.0 Å². The van der Waals surface area contributed by atoms with E-state index in [-0.39, 0.29) is 0 Å². The van der Waals surface area contributed by atoms with E-state index in [2.05, 4.69) is 17.2 Å². The molecular weight excluding hydrogens is 168 g/mol. The number of nitrogens with one attached hydrogen (secondary N) is 1. The van der Waals surface area contributed by atoms with Gasteiger partial charge in [0, 0.05) is 11.1 Å². The summed E-state index contributed by atoms with van der Waals surface area (Å²) in [6.07, 6.45) is 5.69. The quantitative estimate of drug-likeness (QED) is 0.758. The van der Waals surface area contributed by atoms with Crippen LogP contribution in [0.4, 0.5) is 0 Å². The van der Waals surface area contributed by atoms with Crippen molar-refractivity contribution in [2.24, 2.45) is 0 Å². The molecule has 2 nitrogen and oxygen atoms in total. The van der Waals surface area contributed by atoms with E-state index in [9.17, 15) is 0 Å². The van der Waals surface area contributed by atoms with Crippen molar-refractivity contribution in [2.75, 3.05) is 6.54 Å². The number of nitrogens with zero attached hydrogens (tertiary/aromatic N) is 1. The standard InChI is InChI=1S/C9H14N2S/c1-2-7-6-11-9(12-7)8-4-3-5-10-8/h6,8,10H,2-5H2,1H3. The van der Waals surface area contributed by atoms with Crippen LogP contribution in [0.2, 0.25) is 0 Å². The molecule has 1 aromatic heterocycles. The monoisotopic (exact) mass is 182 g/mol. The van der Waals surface area contributed by atoms with E-state index < -0.39 is 0 Å². The normalized spacial score (nSPS) is 23.2. The summed E-state index contributed by atoms with van der Waals surface area (Å²) < 4.78 is 0. The summed E-state index contributed by atoms with van der Waals surface area (Å²) in [5, 5.41) is 4.74. The third-order valence-corrected chi connectivity index (χ3v) is 3.53. The zero-order valence-electron chi connectivity index (χ0n) is 7.34. The molecule has 0 radical (unpaired) electrons. The average Bonchev–Trinajstić information content (AvgIpc) is 2.75. The number of hydrogen-bond donors (Lipinski definition) is 1. The van der Waals surface area contributed by atoms with Gasteiger partial charge in [-0.25, -0.2) is 4.98 Å². The maximum Gasteiger partial charge on any atom is 0.110 e. The van der Waals surface area contributed by atoms with E-state index in [1.54, 1.807) is 0 Å². The van der Waals surface area contributed by atoms with Gasteiger partial charge in [0.25, 0.3) is 0 Å². The minimum atomic E-state index is 0.551. The number of thiazole rings is 1. The Hall–Kier alpha value is -0.410. The van der Waals surface area contributed by atoms with Gasteiger partial charge in [-0.1, -0.05) is 6.92 Å². The molecular formula is C9H14N2S. The molecule has 3 heteroatoms. The SMILES string of the molecule is CCc1cnc(C2CCCN2)s1. The summed E-state index contributed by atoms with van der Waals surface area (Å²) in [6.45, 7) is 3.34. The molecule has 66 valence electrons. The topological polar surface area (TPSA) is 24.9 Å². The van der Waals surface area contributed by atoms with E-state index >= 15 is 0 Å². The summed E-state index contributed by atoms with van der Waals surface area (Å²) in [6, 6.07) is 0.551. The molecule has 1 unspecified atom stereocenters. The minimum absolute atomic E-state index is 0.551. The zero-order valence-corrected chi connectivity index (χ0v) is 8.16. The van der Waals surface area contributed by atoms with Crippen LogP contribution in [0.25, 0.3) is 0 Å². The Morgan fingerprint density at radius 3 is 3.25 bits per heavy atom.